The van der Waals surface area contributed by atoms with E-state index < -0.39 is 0 Å². The van der Waals surface area contributed by atoms with Crippen LogP contribution < -0.4 is 15.5 Å². The highest BCUT2D eigenvalue weighted by Crippen LogP contribution is 2.28. The van der Waals surface area contributed by atoms with Gasteiger partial charge < -0.3 is 10.2 Å². The van der Waals surface area contributed by atoms with Crippen molar-refractivity contribution in [1.29, 1.82) is 0 Å². The lowest BCUT2D eigenvalue weighted by atomic mass is 10.0. The molecule has 1 heterocycles. The van der Waals surface area contributed by atoms with Crippen LogP contribution in [0.15, 0.2) is 66.7 Å². The minimum Gasteiger partial charge on any atom is -0.370 e. The number of thiocarbonyl (C=S) groups is 1. The number of carbonyl (C=O) groups excluding carboxylic acids is 1. The summed E-state index contributed by atoms with van der Waals surface area (Å²) < 4.78 is 0. The summed E-state index contributed by atoms with van der Waals surface area (Å²) in [5, 5.41) is 8.30. The number of rotatable bonds is 3. The maximum Gasteiger partial charge on any atom is 0.258 e. The number of hydrogen-bond donors (Lipinski definition) is 2. The standard InChI is InChI=1S/C23H23N3OS/c27-22(19-12-8-10-17-9-2-3-11-18(17)19)25-23(28)24-20-13-4-5-14-21(20)26-15-6-1-7-16-26/h2-5,8-14H,1,6-7,15-16H2,(H2,24,25,27,28). The SMILES string of the molecule is O=C(NC(=S)Nc1ccccc1N1CCCCC1)c1cccc2ccccc12. The molecule has 0 bridgehead atoms. The van der Waals surface area contributed by atoms with Crippen LogP contribution in [-0.4, -0.2) is 24.1 Å². The number of anilines is 2. The smallest absolute Gasteiger partial charge is 0.258 e. The highest BCUT2D eigenvalue weighted by molar-refractivity contribution is 7.80. The lowest BCUT2D eigenvalue weighted by molar-refractivity contribution is 0.0979. The van der Waals surface area contributed by atoms with Crippen LogP contribution in [0, 0.1) is 0 Å². The molecule has 1 aliphatic rings. The average Bonchev–Trinajstić information content (AvgIpc) is 2.74. The molecule has 5 heteroatoms. The molecule has 0 atom stereocenters. The van der Waals surface area contributed by atoms with E-state index in [9.17, 15) is 4.79 Å². The summed E-state index contributed by atoms with van der Waals surface area (Å²) in [6.45, 7) is 2.10. The highest BCUT2D eigenvalue weighted by atomic mass is 32.1. The Labute approximate surface area is 170 Å². The Balaban J connectivity index is 1.50. The third-order valence-electron chi connectivity index (χ3n) is 5.11. The molecular formula is C23H23N3OS. The van der Waals surface area contributed by atoms with Gasteiger partial charge in [0.2, 0.25) is 0 Å². The van der Waals surface area contributed by atoms with Crippen LogP contribution in [0.2, 0.25) is 0 Å². The summed E-state index contributed by atoms with van der Waals surface area (Å²) in [6, 6.07) is 21.7. The number of fused-ring (bicyclic) bond motifs is 1. The van der Waals surface area contributed by atoms with Gasteiger partial charge in [0, 0.05) is 18.7 Å². The van der Waals surface area contributed by atoms with E-state index in [0.29, 0.717) is 10.7 Å². The molecule has 4 rings (SSSR count). The number of carbonyl (C=O) groups is 1. The second-order valence-electron chi connectivity index (χ2n) is 7.00. The molecule has 2 N–H and O–H groups in total. The number of nitrogens with zero attached hydrogens (tertiary/aromatic N) is 1. The third-order valence-corrected chi connectivity index (χ3v) is 5.31. The maximum absolute atomic E-state index is 12.8. The number of nitrogens with one attached hydrogen (secondary N) is 2. The fraction of sp³-hybridized carbons (Fsp3) is 0.217. The average molecular weight is 390 g/mol. The molecule has 1 fully saturated rings. The summed E-state index contributed by atoms with van der Waals surface area (Å²) in [5.74, 6) is -0.204. The molecule has 0 unspecified atom stereocenters. The zero-order chi connectivity index (χ0) is 19.3. The summed E-state index contributed by atoms with van der Waals surface area (Å²) in [5.41, 5.74) is 2.67. The molecule has 3 aromatic carbocycles. The molecular weight excluding hydrogens is 366 g/mol. The molecule has 0 aliphatic carbocycles. The molecule has 1 amide bonds. The van der Waals surface area contributed by atoms with Gasteiger partial charge in [0.1, 0.15) is 0 Å². The van der Waals surface area contributed by atoms with Gasteiger partial charge in [0.15, 0.2) is 5.11 Å². The van der Waals surface area contributed by atoms with Crippen molar-refractivity contribution < 1.29 is 4.79 Å². The molecule has 4 nitrogen and oxygen atoms in total. The van der Waals surface area contributed by atoms with Gasteiger partial charge in [0.05, 0.1) is 11.4 Å². The van der Waals surface area contributed by atoms with E-state index in [4.69, 9.17) is 12.2 Å². The van der Waals surface area contributed by atoms with E-state index in [1.54, 1.807) is 0 Å². The van der Waals surface area contributed by atoms with E-state index in [0.717, 1.165) is 35.2 Å². The van der Waals surface area contributed by atoms with Gasteiger partial charge in [-0.2, -0.15) is 0 Å². The van der Waals surface area contributed by atoms with Crippen LogP contribution in [-0.2, 0) is 0 Å². The second kappa shape index (κ2) is 8.40. The summed E-state index contributed by atoms with van der Waals surface area (Å²) in [7, 11) is 0. The lowest BCUT2D eigenvalue weighted by Crippen LogP contribution is -2.35. The van der Waals surface area contributed by atoms with Crippen molar-refractivity contribution in [2.45, 2.75) is 19.3 Å². The Hall–Kier alpha value is -2.92. The predicted molar refractivity (Wildman–Crippen MR) is 120 cm³/mol. The molecule has 3 aromatic rings. The van der Waals surface area contributed by atoms with Gasteiger partial charge in [-0.3, -0.25) is 10.1 Å². The van der Waals surface area contributed by atoms with Crippen molar-refractivity contribution in [3.05, 3.63) is 72.3 Å². The Bertz CT molecular complexity index is 1010. The van der Waals surface area contributed by atoms with Crippen molar-refractivity contribution in [3.8, 4) is 0 Å². The van der Waals surface area contributed by atoms with E-state index in [1.807, 2.05) is 60.7 Å². The molecule has 0 aromatic heterocycles. The van der Waals surface area contributed by atoms with Crippen LogP contribution in [0.1, 0.15) is 29.6 Å². The van der Waals surface area contributed by atoms with Crippen LogP contribution in [0.3, 0.4) is 0 Å². The number of para-hydroxylation sites is 2. The van der Waals surface area contributed by atoms with Gasteiger partial charge in [-0.15, -0.1) is 0 Å². The van der Waals surface area contributed by atoms with E-state index in [-0.39, 0.29) is 5.91 Å². The topological polar surface area (TPSA) is 44.4 Å². The van der Waals surface area contributed by atoms with Crippen molar-refractivity contribution >= 4 is 45.4 Å². The predicted octanol–water partition coefficient (Wildman–Crippen LogP) is 4.96. The van der Waals surface area contributed by atoms with Crippen LogP contribution in [0.4, 0.5) is 11.4 Å². The highest BCUT2D eigenvalue weighted by Gasteiger charge is 2.16. The third kappa shape index (κ3) is 3.99. The zero-order valence-corrected chi connectivity index (χ0v) is 16.5. The number of benzene rings is 3. The molecule has 142 valence electrons. The van der Waals surface area contributed by atoms with Gasteiger partial charge in [-0.1, -0.05) is 48.5 Å². The quantitative estimate of drug-likeness (QED) is 0.622. The van der Waals surface area contributed by atoms with Gasteiger partial charge >= 0.3 is 0 Å². The first-order valence-electron chi connectivity index (χ1n) is 9.66. The van der Waals surface area contributed by atoms with Crippen molar-refractivity contribution in [2.75, 3.05) is 23.3 Å². The normalized spacial score (nSPS) is 13.9. The molecule has 28 heavy (non-hydrogen) atoms. The van der Waals surface area contributed by atoms with E-state index in [1.165, 1.54) is 19.3 Å². The zero-order valence-electron chi connectivity index (χ0n) is 15.7. The van der Waals surface area contributed by atoms with Crippen molar-refractivity contribution in [2.24, 2.45) is 0 Å². The lowest BCUT2D eigenvalue weighted by Gasteiger charge is -2.30. The Kier molecular flexibility index (Phi) is 5.53. The first-order valence-corrected chi connectivity index (χ1v) is 10.1. The molecule has 0 radical (unpaired) electrons. The summed E-state index contributed by atoms with van der Waals surface area (Å²) in [6.07, 6.45) is 3.69. The fourth-order valence-corrected chi connectivity index (χ4v) is 3.94. The monoisotopic (exact) mass is 389 g/mol. The second-order valence-corrected chi connectivity index (χ2v) is 7.41. The van der Waals surface area contributed by atoms with Gasteiger partial charge in [-0.05, 0) is 60.5 Å². The van der Waals surface area contributed by atoms with Crippen molar-refractivity contribution in [3.63, 3.8) is 0 Å². The number of amides is 1. The van der Waals surface area contributed by atoms with Gasteiger partial charge in [0.25, 0.3) is 5.91 Å². The first kappa shape index (κ1) is 18.4. The molecule has 0 saturated carbocycles. The number of piperidine rings is 1. The summed E-state index contributed by atoms with van der Waals surface area (Å²) >= 11 is 5.43. The molecule has 1 saturated heterocycles. The number of hydrogen-bond acceptors (Lipinski definition) is 3. The maximum atomic E-state index is 12.8. The van der Waals surface area contributed by atoms with E-state index in [2.05, 4.69) is 21.6 Å². The molecule has 0 spiro atoms. The Morgan fingerprint density at radius 1 is 0.857 bits per heavy atom. The first-order chi connectivity index (χ1) is 13.7. The fourth-order valence-electron chi connectivity index (χ4n) is 3.74. The summed E-state index contributed by atoms with van der Waals surface area (Å²) in [4.78, 5) is 15.2. The van der Waals surface area contributed by atoms with Crippen LogP contribution in [0.5, 0.6) is 0 Å². The minimum atomic E-state index is -0.204. The molecule has 1 aliphatic heterocycles. The Morgan fingerprint density at radius 2 is 1.57 bits per heavy atom. The minimum absolute atomic E-state index is 0.204. The van der Waals surface area contributed by atoms with Crippen molar-refractivity contribution in [1.82, 2.24) is 5.32 Å². The van der Waals surface area contributed by atoms with Crippen LogP contribution >= 0.6 is 12.2 Å². The van der Waals surface area contributed by atoms with Gasteiger partial charge in [-0.25, -0.2) is 0 Å². The largest absolute Gasteiger partial charge is 0.370 e. The van der Waals surface area contributed by atoms with Crippen LogP contribution in [0.25, 0.3) is 10.8 Å². The Morgan fingerprint density at radius 3 is 2.43 bits per heavy atom. The van der Waals surface area contributed by atoms with E-state index >= 15 is 0 Å².